The number of amides is 2. The fraction of sp³-hybridized carbons (Fsp3) is 0.833. The van der Waals surface area contributed by atoms with Crippen LogP contribution in [0.5, 0.6) is 0 Å². The van der Waals surface area contributed by atoms with Crippen LogP contribution in [0.4, 0.5) is 4.79 Å². The molecule has 0 aromatic rings. The monoisotopic (exact) mass is 290 g/mol. The van der Waals surface area contributed by atoms with Crippen molar-refractivity contribution in [1.82, 2.24) is 10.2 Å². The minimum absolute atomic E-state index is 0.271. The number of carboxylic acid groups (broad SMARTS) is 1. The summed E-state index contributed by atoms with van der Waals surface area (Å²) in [6, 6.07) is -1.11. The minimum atomic E-state index is -0.992. The molecular weight excluding hydrogens is 268 g/mol. The highest BCUT2D eigenvalue weighted by molar-refractivity contribution is 7.99. The van der Waals surface area contributed by atoms with Gasteiger partial charge in [-0.25, -0.2) is 9.59 Å². The second-order valence-corrected chi connectivity index (χ2v) is 5.65. The number of urea groups is 1. The second kappa shape index (κ2) is 9.03. The maximum atomic E-state index is 12.0. The molecule has 0 bridgehead atoms. The van der Waals surface area contributed by atoms with Crippen LogP contribution in [0.1, 0.15) is 19.3 Å². The number of carboxylic acids is 1. The Morgan fingerprint density at radius 1 is 1.42 bits per heavy atom. The van der Waals surface area contributed by atoms with Gasteiger partial charge in [-0.3, -0.25) is 0 Å². The van der Waals surface area contributed by atoms with Crippen LogP contribution in [-0.4, -0.2) is 66.4 Å². The van der Waals surface area contributed by atoms with Crippen molar-refractivity contribution < 1.29 is 19.4 Å². The number of hydrogen-bond donors (Lipinski definition) is 2. The quantitative estimate of drug-likeness (QED) is 0.714. The Kier molecular flexibility index (Phi) is 7.66. The van der Waals surface area contributed by atoms with Gasteiger partial charge in [0.05, 0.1) is 0 Å². The van der Waals surface area contributed by atoms with E-state index in [0.717, 1.165) is 17.9 Å². The third-order valence-electron chi connectivity index (χ3n) is 2.95. The number of carbonyl (C=O) groups is 2. The smallest absolute Gasteiger partial charge is 0.326 e. The van der Waals surface area contributed by atoms with E-state index in [0.29, 0.717) is 32.5 Å². The molecule has 0 aliphatic carbocycles. The van der Waals surface area contributed by atoms with Gasteiger partial charge >= 0.3 is 12.0 Å². The van der Waals surface area contributed by atoms with Gasteiger partial charge in [0, 0.05) is 32.6 Å². The molecule has 19 heavy (non-hydrogen) atoms. The van der Waals surface area contributed by atoms with Crippen LogP contribution >= 0.6 is 11.8 Å². The maximum absolute atomic E-state index is 12.0. The highest BCUT2D eigenvalue weighted by Crippen LogP contribution is 2.10. The van der Waals surface area contributed by atoms with Gasteiger partial charge in [0.25, 0.3) is 0 Å². The minimum Gasteiger partial charge on any atom is -0.480 e. The summed E-state index contributed by atoms with van der Waals surface area (Å²) in [4.78, 5) is 24.8. The summed E-state index contributed by atoms with van der Waals surface area (Å²) < 4.78 is 4.89. The number of rotatable bonds is 6. The largest absolute Gasteiger partial charge is 0.480 e. The zero-order valence-corrected chi connectivity index (χ0v) is 12.1. The molecule has 1 heterocycles. The molecule has 0 saturated carbocycles. The van der Waals surface area contributed by atoms with E-state index >= 15 is 0 Å². The number of methoxy groups -OCH3 is 1. The van der Waals surface area contributed by atoms with Crippen molar-refractivity contribution in [2.45, 2.75) is 25.3 Å². The summed E-state index contributed by atoms with van der Waals surface area (Å²) in [6.07, 6.45) is 1.96. The maximum Gasteiger partial charge on any atom is 0.326 e. The van der Waals surface area contributed by atoms with Gasteiger partial charge in [0.1, 0.15) is 6.04 Å². The predicted octanol–water partition coefficient (Wildman–Crippen LogP) is 1.01. The lowest BCUT2D eigenvalue weighted by Gasteiger charge is -2.23. The Morgan fingerprint density at radius 3 is 2.89 bits per heavy atom. The topological polar surface area (TPSA) is 78.9 Å². The van der Waals surface area contributed by atoms with Gasteiger partial charge in [-0.05, 0) is 25.0 Å². The summed E-state index contributed by atoms with van der Waals surface area (Å²) >= 11 is 1.82. The Morgan fingerprint density at radius 2 is 2.21 bits per heavy atom. The van der Waals surface area contributed by atoms with Gasteiger partial charge in [-0.2, -0.15) is 11.8 Å². The summed E-state index contributed by atoms with van der Waals surface area (Å²) in [5.41, 5.74) is 0. The molecule has 2 amide bonds. The van der Waals surface area contributed by atoms with Gasteiger partial charge in [0.2, 0.25) is 0 Å². The highest BCUT2D eigenvalue weighted by Gasteiger charge is 2.23. The van der Waals surface area contributed by atoms with Crippen LogP contribution < -0.4 is 5.32 Å². The Bertz CT molecular complexity index is 293. The lowest BCUT2D eigenvalue weighted by Crippen LogP contribution is -2.48. The number of ether oxygens (including phenoxy) is 1. The van der Waals surface area contributed by atoms with E-state index in [1.54, 1.807) is 12.0 Å². The molecule has 1 saturated heterocycles. The van der Waals surface area contributed by atoms with Crippen LogP contribution in [0.15, 0.2) is 0 Å². The fourth-order valence-electron chi connectivity index (χ4n) is 1.88. The normalized spacial score (nSPS) is 17.6. The molecular formula is C12H22N2O4S. The van der Waals surface area contributed by atoms with Crippen molar-refractivity contribution in [2.75, 3.05) is 38.3 Å². The van der Waals surface area contributed by atoms with Gasteiger partial charge in [-0.15, -0.1) is 0 Å². The first-order chi connectivity index (χ1) is 9.15. The summed E-state index contributed by atoms with van der Waals surface area (Å²) in [5.74, 6) is 0.975. The van der Waals surface area contributed by atoms with Gasteiger partial charge in [-0.1, -0.05) is 0 Å². The molecule has 1 aliphatic rings. The zero-order valence-electron chi connectivity index (χ0n) is 11.3. The van der Waals surface area contributed by atoms with Crippen LogP contribution in [-0.2, 0) is 9.53 Å². The Labute approximate surface area is 117 Å². The van der Waals surface area contributed by atoms with E-state index in [4.69, 9.17) is 9.84 Å². The van der Waals surface area contributed by atoms with E-state index in [9.17, 15) is 9.59 Å². The molecule has 0 spiro atoms. The summed E-state index contributed by atoms with van der Waals surface area (Å²) in [6.45, 7) is 1.88. The van der Waals surface area contributed by atoms with Crippen LogP contribution in [0.3, 0.4) is 0 Å². The lowest BCUT2D eigenvalue weighted by molar-refractivity contribution is -0.139. The summed E-state index contributed by atoms with van der Waals surface area (Å²) in [7, 11) is 1.57. The molecule has 0 aromatic heterocycles. The van der Waals surface area contributed by atoms with E-state index < -0.39 is 12.0 Å². The molecule has 110 valence electrons. The van der Waals surface area contributed by atoms with E-state index in [-0.39, 0.29) is 6.03 Å². The zero-order chi connectivity index (χ0) is 14.1. The molecule has 1 aliphatic heterocycles. The molecule has 1 unspecified atom stereocenters. The fourth-order valence-corrected chi connectivity index (χ4v) is 2.77. The van der Waals surface area contributed by atoms with Crippen LogP contribution in [0, 0.1) is 0 Å². The van der Waals surface area contributed by atoms with E-state index in [1.807, 2.05) is 11.8 Å². The van der Waals surface area contributed by atoms with E-state index in [2.05, 4.69) is 5.32 Å². The lowest BCUT2D eigenvalue weighted by atomic mass is 10.1. The molecule has 0 aromatic carbocycles. The molecule has 1 fully saturated rings. The number of aliphatic carboxylic acids is 1. The molecule has 0 radical (unpaired) electrons. The predicted molar refractivity (Wildman–Crippen MR) is 74.6 cm³/mol. The average molecular weight is 290 g/mol. The van der Waals surface area contributed by atoms with Gasteiger partial charge < -0.3 is 20.1 Å². The molecule has 1 atom stereocenters. The van der Waals surface area contributed by atoms with E-state index in [1.165, 1.54) is 0 Å². The first-order valence-corrected chi connectivity index (χ1v) is 7.65. The van der Waals surface area contributed by atoms with Gasteiger partial charge in [0.15, 0.2) is 0 Å². The Hall–Kier alpha value is -0.950. The first kappa shape index (κ1) is 16.1. The standard InChI is InChI=1S/C12H22N2O4S/c1-18-7-2-4-10(11(15)16)13-12(17)14-5-3-8-19-9-6-14/h10H,2-9H2,1H3,(H,13,17)(H,15,16). The first-order valence-electron chi connectivity index (χ1n) is 6.50. The van der Waals surface area contributed by atoms with Crippen molar-refractivity contribution in [3.8, 4) is 0 Å². The summed E-state index contributed by atoms with van der Waals surface area (Å²) in [5, 5.41) is 11.7. The number of nitrogens with zero attached hydrogens (tertiary/aromatic N) is 1. The number of nitrogens with one attached hydrogen (secondary N) is 1. The van der Waals surface area contributed by atoms with Crippen molar-refractivity contribution in [3.05, 3.63) is 0 Å². The SMILES string of the molecule is COCCCC(NC(=O)N1CCCSCC1)C(=O)O. The third kappa shape index (κ3) is 6.15. The average Bonchev–Trinajstić information content (AvgIpc) is 2.66. The van der Waals surface area contributed by atoms with Crippen molar-refractivity contribution in [1.29, 1.82) is 0 Å². The Balaban J connectivity index is 2.42. The number of hydrogen-bond acceptors (Lipinski definition) is 4. The second-order valence-electron chi connectivity index (χ2n) is 4.43. The van der Waals surface area contributed by atoms with Crippen LogP contribution in [0.25, 0.3) is 0 Å². The highest BCUT2D eigenvalue weighted by atomic mass is 32.2. The number of thioether (sulfide) groups is 1. The van der Waals surface area contributed by atoms with Crippen molar-refractivity contribution in [2.24, 2.45) is 0 Å². The molecule has 1 rings (SSSR count). The number of carbonyl (C=O) groups excluding carboxylic acids is 1. The third-order valence-corrected chi connectivity index (χ3v) is 4.00. The molecule has 2 N–H and O–H groups in total. The van der Waals surface area contributed by atoms with Crippen LogP contribution in [0.2, 0.25) is 0 Å². The van der Waals surface area contributed by atoms with Crippen molar-refractivity contribution >= 4 is 23.8 Å². The molecule has 6 nitrogen and oxygen atoms in total. The van der Waals surface area contributed by atoms with Crippen molar-refractivity contribution in [3.63, 3.8) is 0 Å². The molecule has 7 heteroatoms.